The number of aromatic nitrogens is 2. The number of ether oxygens (including phenoxy) is 1. The normalized spacial score (nSPS) is 10.1. The average Bonchev–Trinajstić information content (AvgIpc) is 2.66. The highest BCUT2D eigenvalue weighted by Crippen LogP contribution is 2.28. The summed E-state index contributed by atoms with van der Waals surface area (Å²) in [4.78, 5) is 9.54. The van der Waals surface area contributed by atoms with Gasteiger partial charge in [0.05, 0.1) is 23.9 Å². The quantitative estimate of drug-likeness (QED) is 0.757. The zero-order valence-electron chi connectivity index (χ0n) is 8.02. The number of rotatable bonds is 2. The van der Waals surface area contributed by atoms with Crippen molar-refractivity contribution in [3.63, 3.8) is 0 Å². The van der Waals surface area contributed by atoms with Crippen LogP contribution in [0.3, 0.4) is 0 Å². The number of hydrogen-bond acceptors (Lipinski definition) is 4. The standard InChI is InChI=1S/C10H10N2OS/c1-7-4-3-5-8(12-7)9-6-11-10(13-2)14-9/h3-6H,1-2H3. The van der Waals surface area contributed by atoms with Gasteiger partial charge in [-0.15, -0.1) is 0 Å². The largest absolute Gasteiger partial charge is 0.473 e. The van der Waals surface area contributed by atoms with Crippen LogP contribution >= 0.6 is 11.3 Å². The molecule has 0 spiro atoms. The van der Waals surface area contributed by atoms with Crippen LogP contribution in [0.1, 0.15) is 5.69 Å². The predicted molar refractivity (Wildman–Crippen MR) is 56.6 cm³/mol. The number of methoxy groups -OCH3 is 1. The van der Waals surface area contributed by atoms with Gasteiger partial charge in [0.2, 0.25) is 0 Å². The van der Waals surface area contributed by atoms with Gasteiger partial charge in [0, 0.05) is 5.69 Å². The van der Waals surface area contributed by atoms with E-state index >= 15 is 0 Å². The van der Waals surface area contributed by atoms with E-state index in [1.54, 1.807) is 13.3 Å². The molecular weight excluding hydrogens is 196 g/mol. The van der Waals surface area contributed by atoms with Crippen molar-refractivity contribution in [2.24, 2.45) is 0 Å². The minimum Gasteiger partial charge on any atom is -0.473 e. The fourth-order valence-corrected chi connectivity index (χ4v) is 1.85. The van der Waals surface area contributed by atoms with Crippen LogP contribution in [0, 0.1) is 6.92 Å². The van der Waals surface area contributed by atoms with Gasteiger partial charge in [0.25, 0.3) is 5.19 Å². The Morgan fingerprint density at radius 1 is 1.36 bits per heavy atom. The van der Waals surface area contributed by atoms with Gasteiger partial charge in [-0.1, -0.05) is 17.4 Å². The zero-order valence-corrected chi connectivity index (χ0v) is 8.84. The lowest BCUT2D eigenvalue weighted by Crippen LogP contribution is -1.82. The molecule has 0 saturated heterocycles. The molecule has 72 valence electrons. The molecule has 2 heterocycles. The van der Waals surface area contributed by atoms with Crippen molar-refractivity contribution < 1.29 is 4.74 Å². The zero-order chi connectivity index (χ0) is 9.97. The van der Waals surface area contributed by atoms with E-state index in [2.05, 4.69) is 9.97 Å². The molecule has 2 aromatic heterocycles. The van der Waals surface area contributed by atoms with E-state index in [0.717, 1.165) is 16.3 Å². The van der Waals surface area contributed by atoms with Crippen LogP contribution in [0.5, 0.6) is 5.19 Å². The van der Waals surface area contributed by atoms with Crippen LogP contribution in [-0.4, -0.2) is 17.1 Å². The average molecular weight is 206 g/mol. The minimum absolute atomic E-state index is 0.670. The molecule has 0 amide bonds. The van der Waals surface area contributed by atoms with Crippen molar-refractivity contribution >= 4 is 11.3 Å². The SMILES string of the molecule is COc1ncc(-c2cccc(C)n2)s1. The van der Waals surface area contributed by atoms with E-state index in [4.69, 9.17) is 4.74 Å². The molecule has 0 aliphatic heterocycles. The first-order valence-corrected chi connectivity index (χ1v) is 5.05. The molecule has 14 heavy (non-hydrogen) atoms. The second kappa shape index (κ2) is 3.75. The predicted octanol–water partition coefficient (Wildman–Crippen LogP) is 2.52. The highest BCUT2D eigenvalue weighted by atomic mass is 32.1. The number of pyridine rings is 1. The van der Waals surface area contributed by atoms with Gasteiger partial charge < -0.3 is 4.74 Å². The van der Waals surface area contributed by atoms with E-state index in [1.165, 1.54) is 11.3 Å². The fraction of sp³-hybridized carbons (Fsp3) is 0.200. The highest BCUT2D eigenvalue weighted by molar-refractivity contribution is 7.16. The smallest absolute Gasteiger partial charge is 0.273 e. The molecule has 0 bridgehead atoms. The van der Waals surface area contributed by atoms with Crippen molar-refractivity contribution in [1.82, 2.24) is 9.97 Å². The molecular formula is C10H10N2OS. The van der Waals surface area contributed by atoms with Gasteiger partial charge in [-0.25, -0.2) is 4.98 Å². The Hall–Kier alpha value is -1.42. The number of nitrogens with zero attached hydrogens (tertiary/aromatic N) is 2. The maximum absolute atomic E-state index is 5.03. The summed E-state index contributed by atoms with van der Waals surface area (Å²) >= 11 is 1.50. The van der Waals surface area contributed by atoms with Crippen molar-refractivity contribution in [1.29, 1.82) is 0 Å². The lowest BCUT2D eigenvalue weighted by Gasteiger charge is -1.96. The first-order chi connectivity index (χ1) is 6.79. The highest BCUT2D eigenvalue weighted by Gasteiger charge is 2.05. The van der Waals surface area contributed by atoms with E-state index < -0.39 is 0 Å². The first kappa shape index (κ1) is 9.15. The first-order valence-electron chi connectivity index (χ1n) is 4.23. The summed E-state index contributed by atoms with van der Waals surface area (Å²) < 4.78 is 5.03. The molecule has 0 atom stereocenters. The molecule has 0 aliphatic carbocycles. The van der Waals surface area contributed by atoms with Crippen LogP contribution in [0.4, 0.5) is 0 Å². The van der Waals surface area contributed by atoms with Crippen LogP contribution in [0.2, 0.25) is 0 Å². The Bertz CT molecular complexity index is 439. The maximum Gasteiger partial charge on any atom is 0.273 e. The Morgan fingerprint density at radius 3 is 2.86 bits per heavy atom. The summed E-state index contributed by atoms with van der Waals surface area (Å²) in [5.74, 6) is 0. The van der Waals surface area contributed by atoms with Crippen molar-refractivity contribution in [2.75, 3.05) is 7.11 Å². The topological polar surface area (TPSA) is 35.0 Å². The van der Waals surface area contributed by atoms with Crippen molar-refractivity contribution in [3.8, 4) is 15.8 Å². The van der Waals surface area contributed by atoms with Gasteiger partial charge in [-0.3, -0.25) is 4.98 Å². The van der Waals surface area contributed by atoms with Gasteiger partial charge in [-0.2, -0.15) is 0 Å². The van der Waals surface area contributed by atoms with Gasteiger partial charge in [-0.05, 0) is 19.1 Å². The van der Waals surface area contributed by atoms with E-state index in [1.807, 2.05) is 25.1 Å². The third kappa shape index (κ3) is 1.75. The van der Waals surface area contributed by atoms with Crippen LogP contribution in [0.25, 0.3) is 10.6 Å². The molecule has 0 unspecified atom stereocenters. The molecule has 0 N–H and O–H groups in total. The summed E-state index contributed by atoms with van der Waals surface area (Å²) in [6.45, 7) is 1.97. The Balaban J connectivity index is 2.39. The second-order valence-corrected chi connectivity index (χ2v) is 3.85. The molecule has 3 nitrogen and oxygen atoms in total. The number of hydrogen-bond donors (Lipinski definition) is 0. The Morgan fingerprint density at radius 2 is 2.21 bits per heavy atom. The summed E-state index contributed by atoms with van der Waals surface area (Å²) in [5, 5.41) is 0.670. The second-order valence-electron chi connectivity index (χ2n) is 2.86. The molecule has 2 rings (SSSR count). The van der Waals surface area contributed by atoms with Gasteiger partial charge in [0.1, 0.15) is 0 Å². The molecule has 0 radical (unpaired) electrons. The summed E-state index contributed by atoms with van der Waals surface area (Å²) in [6.07, 6.45) is 1.78. The van der Waals surface area contributed by atoms with E-state index in [-0.39, 0.29) is 0 Å². The number of aryl methyl sites for hydroxylation is 1. The fourth-order valence-electron chi connectivity index (χ4n) is 1.15. The summed E-state index contributed by atoms with van der Waals surface area (Å²) in [7, 11) is 1.62. The van der Waals surface area contributed by atoms with Crippen LogP contribution < -0.4 is 4.74 Å². The van der Waals surface area contributed by atoms with Crippen LogP contribution in [0.15, 0.2) is 24.4 Å². The van der Waals surface area contributed by atoms with E-state index in [9.17, 15) is 0 Å². The van der Waals surface area contributed by atoms with Gasteiger partial charge >= 0.3 is 0 Å². The monoisotopic (exact) mass is 206 g/mol. The van der Waals surface area contributed by atoms with E-state index in [0.29, 0.717) is 5.19 Å². The summed E-state index contributed by atoms with van der Waals surface area (Å²) in [5.41, 5.74) is 1.96. The molecule has 0 fully saturated rings. The maximum atomic E-state index is 5.03. The lowest BCUT2D eigenvalue weighted by molar-refractivity contribution is 0.412. The molecule has 0 aliphatic rings. The van der Waals surface area contributed by atoms with Crippen LogP contribution in [-0.2, 0) is 0 Å². The molecule has 2 aromatic rings. The van der Waals surface area contributed by atoms with Crippen molar-refractivity contribution in [2.45, 2.75) is 6.92 Å². The number of thiazole rings is 1. The minimum atomic E-state index is 0.670. The van der Waals surface area contributed by atoms with Gasteiger partial charge in [0.15, 0.2) is 0 Å². The third-order valence-corrected chi connectivity index (χ3v) is 2.78. The summed E-state index contributed by atoms with van der Waals surface area (Å²) in [6, 6.07) is 5.94. The molecule has 0 aromatic carbocycles. The molecule has 4 heteroatoms. The third-order valence-electron chi connectivity index (χ3n) is 1.80. The van der Waals surface area contributed by atoms with Crippen molar-refractivity contribution in [3.05, 3.63) is 30.1 Å². The Labute approximate surface area is 86.4 Å². The Kier molecular flexibility index (Phi) is 2.45. The molecule has 0 saturated carbocycles. The lowest BCUT2D eigenvalue weighted by atomic mass is 10.3.